The van der Waals surface area contributed by atoms with Crippen LogP contribution >= 0.6 is 15.9 Å². The average molecular weight is 266 g/mol. The maximum Gasteiger partial charge on any atom is 0.125 e. The van der Waals surface area contributed by atoms with Crippen LogP contribution in [-0.4, -0.2) is 9.97 Å². The van der Waals surface area contributed by atoms with Crippen LogP contribution in [0.4, 0.5) is 5.69 Å². The van der Waals surface area contributed by atoms with Gasteiger partial charge in [-0.15, -0.1) is 0 Å². The average Bonchev–Trinajstić information content (AvgIpc) is 2.73. The van der Waals surface area contributed by atoms with E-state index in [1.165, 1.54) is 5.56 Å². The van der Waals surface area contributed by atoms with Crippen molar-refractivity contribution in [2.24, 2.45) is 0 Å². The van der Waals surface area contributed by atoms with Gasteiger partial charge in [0.05, 0.1) is 6.54 Å². The van der Waals surface area contributed by atoms with E-state index in [0.29, 0.717) is 6.54 Å². The summed E-state index contributed by atoms with van der Waals surface area (Å²) in [5, 5.41) is 3.32. The molecule has 0 amide bonds. The monoisotopic (exact) mass is 265 g/mol. The Morgan fingerprint density at radius 1 is 1.47 bits per heavy atom. The van der Waals surface area contributed by atoms with Gasteiger partial charge in [0.15, 0.2) is 0 Å². The summed E-state index contributed by atoms with van der Waals surface area (Å²) < 4.78 is 1.11. The number of aromatic nitrogens is 2. The molecule has 0 aliphatic carbocycles. The number of imidazole rings is 1. The number of aryl methyl sites for hydroxylation is 1. The minimum Gasteiger partial charge on any atom is -0.377 e. The van der Waals surface area contributed by atoms with E-state index in [9.17, 15) is 0 Å². The number of H-pyrrole nitrogens is 1. The molecule has 4 heteroatoms. The van der Waals surface area contributed by atoms with E-state index in [2.05, 4.69) is 44.2 Å². The lowest BCUT2D eigenvalue weighted by atomic mass is 10.2. The van der Waals surface area contributed by atoms with E-state index in [-0.39, 0.29) is 0 Å². The van der Waals surface area contributed by atoms with Gasteiger partial charge in [-0.1, -0.05) is 12.1 Å². The number of aromatic amines is 1. The Kier molecular flexibility index (Phi) is 3.06. The number of hydrogen-bond acceptors (Lipinski definition) is 2. The zero-order valence-corrected chi connectivity index (χ0v) is 10.0. The Hall–Kier alpha value is -1.29. The molecule has 0 fully saturated rings. The molecule has 0 radical (unpaired) electrons. The first-order valence-corrected chi connectivity index (χ1v) is 5.54. The first kappa shape index (κ1) is 10.2. The molecule has 0 aliphatic heterocycles. The molecule has 2 N–H and O–H groups in total. The third-order valence-electron chi connectivity index (χ3n) is 2.19. The standard InChI is InChI=1S/C11H12BrN3/c1-8-3-2-4-9(11(8)12)15-7-10-13-5-6-14-10/h2-6,15H,7H2,1H3,(H,13,14). The number of benzene rings is 1. The number of nitrogens with zero attached hydrogens (tertiary/aromatic N) is 1. The molecule has 0 spiro atoms. The second-order valence-electron chi connectivity index (χ2n) is 3.33. The van der Waals surface area contributed by atoms with Crippen LogP contribution in [0.3, 0.4) is 0 Å². The van der Waals surface area contributed by atoms with Gasteiger partial charge >= 0.3 is 0 Å². The summed E-state index contributed by atoms with van der Waals surface area (Å²) in [4.78, 5) is 7.20. The summed E-state index contributed by atoms with van der Waals surface area (Å²) in [6.07, 6.45) is 3.57. The fraction of sp³-hybridized carbons (Fsp3) is 0.182. The number of halogens is 1. The molecular formula is C11H12BrN3. The highest BCUT2D eigenvalue weighted by Crippen LogP contribution is 2.25. The molecule has 0 aliphatic rings. The van der Waals surface area contributed by atoms with Gasteiger partial charge in [0.1, 0.15) is 5.82 Å². The highest BCUT2D eigenvalue weighted by atomic mass is 79.9. The molecule has 78 valence electrons. The molecule has 0 saturated carbocycles. The normalized spacial score (nSPS) is 10.3. The van der Waals surface area contributed by atoms with Crippen molar-refractivity contribution < 1.29 is 0 Å². The van der Waals surface area contributed by atoms with E-state index in [1.54, 1.807) is 6.20 Å². The fourth-order valence-corrected chi connectivity index (χ4v) is 1.76. The van der Waals surface area contributed by atoms with Crippen LogP contribution in [-0.2, 0) is 6.54 Å². The highest BCUT2D eigenvalue weighted by molar-refractivity contribution is 9.10. The summed E-state index contributed by atoms with van der Waals surface area (Å²) in [5.41, 5.74) is 2.31. The first-order valence-electron chi connectivity index (χ1n) is 4.74. The van der Waals surface area contributed by atoms with E-state index >= 15 is 0 Å². The van der Waals surface area contributed by atoms with Crippen molar-refractivity contribution >= 4 is 21.6 Å². The zero-order valence-electron chi connectivity index (χ0n) is 8.42. The Balaban J connectivity index is 2.08. The van der Waals surface area contributed by atoms with Gasteiger partial charge in [0.2, 0.25) is 0 Å². The van der Waals surface area contributed by atoms with Crippen LogP contribution in [0.1, 0.15) is 11.4 Å². The summed E-state index contributed by atoms with van der Waals surface area (Å²) >= 11 is 3.55. The SMILES string of the molecule is Cc1cccc(NCc2ncc[nH]2)c1Br. The Labute approximate surface area is 97.1 Å². The van der Waals surface area contributed by atoms with Gasteiger partial charge in [-0.2, -0.15) is 0 Å². The predicted octanol–water partition coefficient (Wildman–Crippen LogP) is 3.09. The molecular weight excluding hydrogens is 254 g/mol. The largest absolute Gasteiger partial charge is 0.377 e. The smallest absolute Gasteiger partial charge is 0.125 e. The third-order valence-corrected chi connectivity index (χ3v) is 3.25. The van der Waals surface area contributed by atoms with Gasteiger partial charge in [0.25, 0.3) is 0 Å². The van der Waals surface area contributed by atoms with Crippen LogP contribution in [0.2, 0.25) is 0 Å². The number of hydrogen-bond donors (Lipinski definition) is 2. The van der Waals surface area contributed by atoms with Crippen molar-refractivity contribution in [2.45, 2.75) is 13.5 Å². The van der Waals surface area contributed by atoms with Crippen LogP contribution in [0.15, 0.2) is 35.1 Å². The Bertz CT molecular complexity index is 437. The van der Waals surface area contributed by atoms with Crippen molar-refractivity contribution in [1.29, 1.82) is 0 Å². The second-order valence-corrected chi connectivity index (χ2v) is 4.12. The lowest BCUT2D eigenvalue weighted by molar-refractivity contribution is 0.998. The molecule has 1 heterocycles. The minimum atomic E-state index is 0.703. The van der Waals surface area contributed by atoms with E-state index in [0.717, 1.165) is 16.0 Å². The summed E-state index contributed by atoms with van der Waals surface area (Å²) in [6, 6.07) is 6.15. The van der Waals surface area contributed by atoms with Crippen molar-refractivity contribution in [1.82, 2.24) is 9.97 Å². The van der Waals surface area contributed by atoms with Crippen molar-refractivity contribution in [2.75, 3.05) is 5.32 Å². The zero-order chi connectivity index (χ0) is 10.7. The third kappa shape index (κ3) is 2.39. The number of rotatable bonds is 3. The van der Waals surface area contributed by atoms with Crippen molar-refractivity contribution in [3.63, 3.8) is 0 Å². The van der Waals surface area contributed by atoms with Gasteiger partial charge in [-0.3, -0.25) is 0 Å². The van der Waals surface area contributed by atoms with Crippen molar-refractivity contribution in [3.05, 3.63) is 46.5 Å². The van der Waals surface area contributed by atoms with Gasteiger partial charge in [-0.05, 0) is 34.5 Å². The van der Waals surface area contributed by atoms with Crippen LogP contribution in [0.25, 0.3) is 0 Å². The van der Waals surface area contributed by atoms with Crippen molar-refractivity contribution in [3.8, 4) is 0 Å². The van der Waals surface area contributed by atoms with E-state index < -0.39 is 0 Å². The van der Waals surface area contributed by atoms with Crippen LogP contribution in [0, 0.1) is 6.92 Å². The molecule has 2 aromatic rings. The summed E-state index contributed by atoms with van der Waals surface area (Å²) in [7, 11) is 0. The van der Waals surface area contributed by atoms with Gasteiger partial charge in [0, 0.05) is 22.6 Å². The molecule has 2 rings (SSSR count). The molecule has 3 nitrogen and oxygen atoms in total. The summed E-state index contributed by atoms with van der Waals surface area (Å²) in [5.74, 6) is 0.934. The predicted molar refractivity (Wildman–Crippen MR) is 64.8 cm³/mol. The first-order chi connectivity index (χ1) is 7.27. The molecule has 15 heavy (non-hydrogen) atoms. The number of nitrogens with one attached hydrogen (secondary N) is 2. The van der Waals surface area contributed by atoms with Crippen LogP contribution < -0.4 is 5.32 Å². The molecule has 1 aromatic heterocycles. The van der Waals surface area contributed by atoms with Crippen LogP contribution in [0.5, 0.6) is 0 Å². The number of anilines is 1. The maximum absolute atomic E-state index is 4.15. The lowest BCUT2D eigenvalue weighted by Gasteiger charge is -2.08. The molecule has 1 aromatic carbocycles. The maximum atomic E-state index is 4.15. The Morgan fingerprint density at radius 3 is 3.07 bits per heavy atom. The molecule has 0 unspecified atom stereocenters. The van der Waals surface area contributed by atoms with E-state index in [1.807, 2.05) is 18.3 Å². The van der Waals surface area contributed by atoms with Gasteiger partial charge in [-0.25, -0.2) is 4.98 Å². The Morgan fingerprint density at radius 2 is 2.33 bits per heavy atom. The van der Waals surface area contributed by atoms with E-state index in [4.69, 9.17) is 0 Å². The molecule has 0 atom stereocenters. The lowest BCUT2D eigenvalue weighted by Crippen LogP contribution is -2.02. The topological polar surface area (TPSA) is 40.7 Å². The summed E-state index contributed by atoms with van der Waals surface area (Å²) in [6.45, 7) is 2.78. The second kappa shape index (κ2) is 4.49. The highest BCUT2D eigenvalue weighted by Gasteiger charge is 2.01. The fourth-order valence-electron chi connectivity index (χ4n) is 1.36. The molecule has 0 bridgehead atoms. The minimum absolute atomic E-state index is 0.703. The quantitative estimate of drug-likeness (QED) is 0.896. The molecule has 0 saturated heterocycles. The van der Waals surface area contributed by atoms with Gasteiger partial charge < -0.3 is 10.3 Å².